The van der Waals surface area contributed by atoms with E-state index in [0.29, 0.717) is 31.1 Å². The molecule has 0 saturated carbocycles. The van der Waals surface area contributed by atoms with Gasteiger partial charge in [-0.1, -0.05) is 34.1 Å². The summed E-state index contributed by atoms with van der Waals surface area (Å²) in [6.07, 6.45) is 1.91. The lowest BCUT2D eigenvalue weighted by molar-refractivity contribution is -0.133. The Hall–Kier alpha value is -2.58. The lowest BCUT2D eigenvalue weighted by atomic mass is 10.1. The second-order valence-electron chi connectivity index (χ2n) is 7.60. The molecule has 0 bridgehead atoms. The molecule has 2 aliphatic heterocycles. The molecule has 0 spiro atoms. The summed E-state index contributed by atoms with van der Waals surface area (Å²) >= 11 is 3.41. The van der Waals surface area contributed by atoms with Crippen molar-refractivity contribution in [3.05, 3.63) is 52.5 Å². The predicted octanol–water partition coefficient (Wildman–Crippen LogP) is 3.39. The zero-order valence-electron chi connectivity index (χ0n) is 17.4. The van der Waals surface area contributed by atoms with Gasteiger partial charge in [0.1, 0.15) is 18.0 Å². The van der Waals surface area contributed by atoms with Crippen LogP contribution in [0.5, 0.6) is 11.5 Å². The molecule has 4 rings (SSSR count). The van der Waals surface area contributed by atoms with E-state index in [2.05, 4.69) is 15.9 Å². The average molecular weight is 489 g/mol. The molecule has 0 aliphatic carbocycles. The van der Waals surface area contributed by atoms with E-state index >= 15 is 0 Å². The number of fused-ring (bicyclic) bond motifs is 1. The van der Waals surface area contributed by atoms with Crippen molar-refractivity contribution in [1.29, 1.82) is 0 Å². The highest BCUT2D eigenvalue weighted by Gasteiger charge is 2.30. The maximum absolute atomic E-state index is 13.4. The fourth-order valence-electron chi connectivity index (χ4n) is 3.91. The van der Waals surface area contributed by atoms with Crippen LogP contribution in [0.1, 0.15) is 18.4 Å². The fraction of sp³-hybridized carbons (Fsp3) is 0.391. The summed E-state index contributed by atoms with van der Waals surface area (Å²) in [6, 6.07) is 13.1. The van der Waals surface area contributed by atoms with Crippen molar-refractivity contribution in [3.8, 4) is 11.5 Å². The number of hydrogen-bond donors (Lipinski definition) is 0. The van der Waals surface area contributed by atoms with Crippen LogP contribution in [0, 0.1) is 0 Å². The van der Waals surface area contributed by atoms with Crippen molar-refractivity contribution in [2.45, 2.75) is 25.5 Å². The standard InChI is InChI=1S/C23H25BrN2O5/c1-29-20-7-3-2-5-16(20)12-25(13-18-6-4-10-30-18)22(27)14-26-19-9-8-17(24)11-21(19)31-15-23(26)28/h2-3,5,7-9,11,18H,4,6,10,12-15H2,1H3. The van der Waals surface area contributed by atoms with Gasteiger partial charge in [0.2, 0.25) is 5.91 Å². The van der Waals surface area contributed by atoms with E-state index in [4.69, 9.17) is 14.2 Å². The van der Waals surface area contributed by atoms with Crippen LogP contribution in [0.2, 0.25) is 0 Å². The fourth-order valence-corrected chi connectivity index (χ4v) is 4.25. The minimum absolute atomic E-state index is 0.00212. The number of hydrogen-bond acceptors (Lipinski definition) is 5. The Kier molecular flexibility index (Phi) is 6.77. The topological polar surface area (TPSA) is 68.3 Å². The number of methoxy groups -OCH3 is 1. The summed E-state index contributed by atoms with van der Waals surface area (Å²) < 4.78 is 17.6. The molecular weight excluding hydrogens is 464 g/mol. The lowest BCUT2D eigenvalue weighted by Gasteiger charge is -2.32. The van der Waals surface area contributed by atoms with Crippen molar-refractivity contribution < 1.29 is 23.8 Å². The van der Waals surface area contributed by atoms with Gasteiger partial charge in [0.25, 0.3) is 5.91 Å². The third-order valence-electron chi connectivity index (χ3n) is 5.51. The molecule has 164 valence electrons. The van der Waals surface area contributed by atoms with Crippen molar-refractivity contribution >= 4 is 33.4 Å². The maximum Gasteiger partial charge on any atom is 0.265 e. The van der Waals surface area contributed by atoms with Gasteiger partial charge < -0.3 is 19.1 Å². The first-order valence-electron chi connectivity index (χ1n) is 10.3. The van der Waals surface area contributed by atoms with Gasteiger partial charge in [-0.15, -0.1) is 0 Å². The Balaban J connectivity index is 1.56. The number of anilines is 1. The highest BCUT2D eigenvalue weighted by molar-refractivity contribution is 9.10. The summed E-state index contributed by atoms with van der Waals surface area (Å²) in [6.45, 7) is 1.43. The van der Waals surface area contributed by atoms with Crippen LogP contribution in [-0.4, -0.2) is 56.2 Å². The first kappa shape index (κ1) is 21.6. The SMILES string of the molecule is COc1ccccc1CN(CC1CCCO1)C(=O)CN1C(=O)COc2cc(Br)ccc21. The number of halogens is 1. The summed E-state index contributed by atoms with van der Waals surface area (Å²) in [5, 5.41) is 0. The monoisotopic (exact) mass is 488 g/mol. The molecule has 1 atom stereocenters. The number of rotatable bonds is 7. The van der Waals surface area contributed by atoms with E-state index in [0.717, 1.165) is 28.6 Å². The molecule has 7 nitrogen and oxygen atoms in total. The number of carbonyl (C=O) groups is 2. The Bertz CT molecular complexity index is 961. The first-order valence-corrected chi connectivity index (χ1v) is 11.1. The smallest absolute Gasteiger partial charge is 0.265 e. The molecule has 0 radical (unpaired) electrons. The molecule has 1 unspecified atom stereocenters. The van der Waals surface area contributed by atoms with Gasteiger partial charge >= 0.3 is 0 Å². The van der Waals surface area contributed by atoms with Crippen molar-refractivity contribution in [1.82, 2.24) is 4.90 Å². The minimum Gasteiger partial charge on any atom is -0.496 e. The van der Waals surface area contributed by atoms with Crippen LogP contribution in [0.15, 0.2) is 46.9 Å². The Labute approximate surface area is 190 Å². The van der Waals surface area contributed by atoms with Crippen LogP contribution in [-0.2, 0) is 20.9 Å². The molecule has 0 N–H and O–H groups in total. The van der Waals surface area contributed by atoms with E-state index in [1.165, 1.54) is 4.90 Å². The van der Waals surface area contributed by atoms with E-state index in [-0.39, 0.29) is 31.1 Å². The summed E-state index contributed by atoms with van der Waals surface area (Å²) in [5.74, 6) is 0.922. The maximum atomic E-state index is 13.4. The molecule has 31 heavy (non-hydrogen) atoms. The minimum atomic E-state index is -0.238. The number of benzene rings is 2. The zero-order valence-corrected chi connectivity index (χ0v) is 19.0. The van der Waals surface area contributed by atoms with Crippen LogP contribution in [0.3, 0.4) is 0 Å². The van der Waals surface area contributed by atoms with Gasteiger partial charge in [0.15, 0.2) is 6.61 Å². The zero-order chi connectivity index (χ0) is 21.8. The third kappa shape index (κ3) is 5.02. The third-order valence-corrected chi connectivity index (χ3v) is 6.01. The van der Waals surface area contributed by atoms with Gasteiger partial charge in [-0.05, 0) is 37.1 Å². The summed E-state index contributed by atoms with van der Waals surface area (Å²) in [7, 11) is 1.62. The first-order chi connectivity index (χ1) is 15.0. The lowest BCUT2D eigenvalue weighted by Crippen LogP contribution is -2.47. The average Bonchev–Trinajstić information content (AvgIpc) is 3.28. The molecule has 8 heteroatoms. The van der Waals surface area contributed by atoms with Gasteiger partial charge in [-0.3, -0.25) is 14.5 Å². The van der Waals surface area contributed by atoms with Gasteiger partial charge in [-0.2, -0.15) is 0 Å². The number of para-hydroxylation sites is 1. The molecule has 1 fully saturated rings. The predicted molar refractivity (Wildman–Crippen MR) is 119 cm³/mol. The van der Waals surface area contributed by atoms with Crippen molar-refractivity contribution in [2.75, 3.05) is 38.3 Å². The van der Waals surface area contributed by atoms with E-state index in [1.54, 1.807) is 24.1 Å². The highest BCUT2D eigenvalue weighted by atomic mass is 79.9. The van der Waals surface area contributed by atoms with Crippen LogP contribution in [0.25, 0.3) is 0 Å². The molecular formula is C23H25BrN2O5. The normalized spacial score (nSPS) is 17.8. The van der Waals surface area contributed by atoms with Crippen molar-refractivity contribution in [3.63, 3.8) is 0 Å². The molecule has 2 amide bonds. The number of amides is 2. The molecule has 1 saturated heterocycles. The molecule has 2 heterocycles. The Morgan fingerprint density at radius 2 is 2.13 bits per heavy atom. The molecule has 2 aliphatic rings. The largest absolute Gasteiger partial charge is 0.496 e. The van der Waals surface area contributed by atoms with Crippen LogP contribution in [0.4, 0.5) is 5.69 Å². The Morgan fingerprint density at radius 3 is 2.90 bits per heavy atom. The molecule has 2 aromatic rings. The number of nitrogens with zero attached hydrogens (tertiary/aromatic N) is 2. The van der Waals surface area contributed by atoms with Gasteiger partial charge in [-0.25, -0.2) is 0 Å². The van der Waals surface area contributed by atoms with E-state index in [1.807, 2.05) is 30.3 Å². The van der Waals surface area contributed by atoms with E-state index < -0.39 is 0 Å². The van der Waals surface area contributed by atoms with Gasteiger partial charge in [0.05, 0.1) is 18.9 Å². The summed E-state index contributed by atoms with van der Waals surface area (Å²) in [5.41, 5.74) is 1.51. The van der Waals surface area contributed by atoms with E-state index in [9.17, 15) is 9.59 Å². The van der Waals surface area contributed by atoms with Gasteiger partial charge in [0, 0.05) is 29.7 Å². The second-order valence-corrected chi connectivity index (χ2v) is 8.52. The molecule has 0 aromatic heterocycles. The van der Waals surface area contributed by atoms with Crippen molar-refractivity contribution in [2.24, 2.45) is 0 Å². The quantitative estimate of drug-likeness (QED) is 0.597. The Morgan fingerprint density at radius 1 is 1.29 bits per heavy atom. The number of ether oxygens (including phenoxy) is 3. The number of carbonyl (C=O) groups excluding carboxylic acids is 2. The van der Waals surface area contributed by atoms with Crippen LogP contribution < -0.4 is 14.4 Å². The highest BCUT2D eigenvalue weighted by Crippen LogP contribution is 2.34. The molecule has 2 aromatic carbocycles. The second kappa shape index (κ2) is 9.70. The van der Waals surface area contributed by atoms with Crippen LogP contribution >= 0.6 is 15.9 Å². The summed E-state index contributed by atoms with van der Waals surface area (Å²) in [4.78, 5) is 29.2.